The van der Waals surface area contributed by atoms with Crippen molar-refractivity contribution >= 4 is 29.1 Å². The number of likely N-dealkylation sites (N-methyl/N-ethyl adjacent to an activating group) is 1. The second-order valence-corrected chi connectivity index (χ2v) is 9.05. The van der Waals surface area contributed by atoms with Crippen LogP contribution in [0.5, 0.6) is 0 Å². The predicted octanol–water partition coefficient (Wildman–Crippen LogP) is 2.20. The van der Waals surface area contributed by atoms with E-state index in [4.69, 9.17) is 0 Å². The summed E-state index contributed by atoms with van der Waals surface area (Å²) in [6, 6.07) is 6.56. The molecule has 1 aromatic rings. The molecule has 1 aromatic carbocycles. The van der Waals surface area contributed by atoms with E-state index in [1.165, 1.54) is 12.1 Å². The fourth-order valence-electron chi connectivity index (χ4n) is 4.03. The Morgan fingerprint density at radius 3 is 2.67 bits per heavy atom. The molecule has 1 N–H and O–H groups in total. The fraction of sp³-hybridized carbons (Fsp3) is 0.455. The average molecular weight is 431 g/mol. The third-order valence-electron chi connectivity index (χ3n) is 5.76. The summed E-state index contributed by atoms with van der Waals surface area (Å²) in [5.74, 6) is -0.0259. The molecule has 0 aromatic heterocycles. The number of amides is 1. The van der Waals surface area contributed by atoms with Crippen molar-refractivity contribution in [3.05, 3.63) is 52.8 Å². The highest BCUT2D eigenvalue weighted by molar-refractivity contribution is 8.04. The number of carbonyl (C=O) groups excluding carboxylic acids is 2. The van der Waals surface area contributed by atoms with E-state index in [-0.39, 0.29) is 22.9 Å². The Bertz CT molecular complexity index is 862. The van der Waals surface area contributed by atoms with Gasteiger partial charge in [-0.2, -0.15) is 0 Å². The molecule has 2 heterocycles. The van der Waals surface area contributed by atoms with Crippen LogP contribution in [-0.4, -0.2) is 73.2 Å². The standard InChI is InChI=1S/C22H27FN4O2S/c1-25-19-7-6-18(28)14-20(19)30-22(25)8-9-24-21(29)15-26-10-12-27(13-11-26)17-4-2-16(23)3-5-17/h2-5,7,14,22H,6,8-13,15H2,1H3,(H,24,29). The third-order valence-corrected chi connectivity index (χ3v) is 7.17. The molecule has 0 spiro atoms. The Kier molecular flexibility index (Phi) is 6.43. The van der Waals surface area contributed by atoms with Crippen LogP contribution in [0, 0.1) is 5.82 Å². The maximum Gasteiger partial charge on any atom is 0.234 e. The van der Waals surface area contributed by atoms with Gasteiger partial charge in [0.2, 0.25) is 5.91 Å². The SMILES string of the molecule is CN1C2=CCC(=O)C=C2SC1CCNC(=O)CN1CCN(c2ccc(F)cc2)CC1. The number of rotatable bonds is 6. The highest BCUT2D eigenvalue weighted by Crippen LogP contribution is 2.43. The van der Waals surface area contributed by atoms with Crippen molar-refractivity contribution < 1.29 is 14.0 Å². The fourth-order valence-corrected chi connectivity index (χ4v) is 5.38. The number of anilines is 1. The van der Waals surface area contributed by atoms with Crippen LogP contribution in [0.25, 0.3) is 0 Å². The summed E-state index contributed by atoms with van der Waals surface area (Å²) in [7, 11) is 2.04. The molecule has 3 aliphatic rings. The van der Waals surface area contributed by atoms with E-state index in [1.54, 1.807) is 30.0 Å². The molecule has 2 aliphatic heterocycles. The summed E-state index contributed by atoms with van der Waals surface area (Å²) in [5, 5.41) is 3.28. The van der Waals surface area contributed by atoms with Crippen LogP contribution in [0.4, 0.5) is 10.1 Å². The van der Waals surface area contributed by atoms with Gasteiger partial charge < -0.3 is 15.1 Å². The Hall–Kier alpha value is -2.32. The van der Waals surface area contributed by atoms with Crippen molar-refractivity contribution in [2.75, 3.05) is 51.2 Å². The van der Waals surface area contributed by atoms with E-state index in [0.717, 1.165) is 48.9 Å². The van der Waals surface area contributed by atoms with Crippen molar-refractivity contribution in [2.24, 2.45) is 0 Å². The van der Waals surface area contributed by atoms with E-state index in [0.29, 0.717) is 19.5 Å². The number of piperazine rings is 1. The van der Waals surface area contributed by atoms with Crippen molar-refractivity contribution in [3.8, 4) is 0 Å². The van der Waals surface area contributed by atoms with Gasteiger partial charge in [0.15, 0.2) is 5.78 Å². The Labute approximate surface area is 180 Å². The number of ketones is 1. The minimum atomic E-state index is -0.225. The van der Waals surface area contributed by atoms with Crippen LogP contribution in [-0.2, 0) is 9.59 Å². The zero-order valence-electron chi connectivity index (χ0n) is 17.1. The highest BCUT2D eigenvalue weighted by Gasteiger charge is 2.32. The maximum absolute atomic E-state index is 13.1. The maximum atomic E-state index is 13.1. The van der Waals surface area contributed by atoms with Gasteiger partial charge in [-0.1, -0.05) is 17.8 Å². The number of benzene rings is 1. The van der Waals surface area contributed by atoms with Crippen LogP contribution in [0.2, 0.25) is 0 Å². The van der Waals surface area contributed by atoms with E-state index >= 15 is 0 Å². The molecule has 0 saturated carbocycles. The minimum absolute atomic E-state index is 0.0434. The Morgan fingerprint density at radius 1 is 1.20 bits per heavy atom. The van der Waals surface area contributed by atoms with Gasteiger partial charge in [0.05, 0.1) is 11.9 Å². The smallest absolute Gasteiger partial charge is 0.234 e. The van der Waals surface area contributed by atoms with Gasteiger partial charge in [0.25, 0.3) is 0 Å². The molecule has 1 atom stereocenters. The molecule has 2 saturated heterocycles. The van der Waals surface area contributed by atoms with E-state index < -0.39 is 0 Å². The number of carbonyl (C=O) groups is 2. The van der Waals surface area contributed by atoms with Gasteiger partial charge in [-0.05, 0) is 36.8 Å². The summed E-state index contributed by atoms with van der Waals surface area (Å²) < 4.78 is 13.1. The number of nitrogens with zero attached hydrogens (tertiary/aromatic N) is 3. The molecule has 0 bridgehead atoms. The lowest BCUT2D eigenvalue weighted by atomic mass is 10.1. The van der Waals surface area contributed by atoms with Crippen molar-refractivity contribution in [1.82, 2.24) is 15.1 Å². The van der Waals surface area contributed by atoms with Gasteiger partial charge in [0.1, 0.15) is 5.82 Å². The summed E-state index contributed by atoms with van der Waals surface area (Å²) in [6.07, 6.45) is 5.03. The molecule has 6 nitrogen and oxygen atoms in total. The molecular formula is C22H27FN4O2S. The predicted molar refractivity (Wildman–Crippen MR) is 118 cm³/mol. The molecule has 160 valence electrons. The van der Waals surface area contributed by atoms with Gasteiger partial charge >= 0.3 is 0 Å². The molecule has 2 fully saturated rings. The lowest BCUT2D eigenvalue weighted by molar-refractivity contribution is -0.122. The number of nitrogens with one attached hydrogen (secondary N) is 1. The number of hydrogen-bond donors (Lipinski definition) is 1. The lowest BCUT2D eigenvalue weighted by Crippen LogP contribution is -2.49. The topological polar surface area (TPSA) is 55.9 Å². The Balaban J connectivity index is 1.17. The zero-order chi connectivity index (χ0) is 21.1. The first kappa shape index (κ1) is 20.9. The normalized spacial score (nSPS) is 21.9. The van der Waals surface area contributed by atoms with Crippen LogP contribution in [0.1, 0.15) is 12.8 Å². The number of halogens is 1. The number of thioether (sulfide) groups is 1. The van der Waals surface area contributed by atoms with Gasteiger partial charge in [-0.25, -0.2) is 4.39 Å². The molecule has 1 aliphatic carbocycles. The second kappa shape index (κ2) is 9.22. The molecule has 1 unspecified atom stereocenters. The van der Waals surface area contributed by atoms with Crippen molar-refractivity contribution in [2.45, 2.75) is 18.2 Å². The lowest BCUT2D eigenvalue weighted by Gasteiger charge is -2.35. The molecule has 1 amide bonds. The molecular weight excluding hydrogens is 403 g/mol. The van der Waals surface area contributed by atoms with Crippen LogP contribution in [0.3, 0.4) is 0 Å². The molecule has 0 radical (unpaired) electrons. The largest absolute Gasteiger partial charge is 0.369 e. The van der Waals surface area contributed by atoms with Gasteiger partial charge in [-0.15, -0.1) is 0 Å². The first-order valence-corrected chi connectivity index (χ1v) is 11.2. The zero-order valence-corrected chi connectivity index (χ0v) is 18.0. The van der Waals surface area contributed by atoms with Crippen LogP contribution in [0.15, 0.2) is 47.0 Å². The monoisotopic (exact) mass is 430 g/mol. The summed E-state index contributed by atoms with van der Waals surface area (Å²) in [5.41, 5.74) is 2.15. The third kappa shape index (κ3) is 4.87. The first-order valence-electron chi connectivity index (χ1n) is 10.3. The summed E-state index contributed by atoms with van der Waals surface area (Å²) in [4.78, 5) is 31.6. The molecule has 4 rings (SSSR count). The van der Waals surface area contributed by atoms with E-state index in [9.17, 15) is 14.0 Å². The second-order valence-electron chi connectivity index (χ2n) is 7.83. The highest BCUT2D eigenvalue weighted by atomic mass is 32.2. The number of fused-ring (bicyclic) bond motifs is 1. The quantitative estimate of drug-likeness (QED) is 0.747. The van der Waals surface area contributed by atoms with Gasteiger partial charge in [0, 0.05) is 62.5 Å². The summed E-state index contributed by atoms with van der Waals surface area (Å²) in [6.45, 7) is 4.28. The van der Waals surface area contributed by atoms with Crippen molar-refractivity contribution in [1.29, 1.82) is 0 Å². The molecule has 8 heteroatoms. The van der Waals surface area contributed by atoms with Gasteiger partial charge in [-0.3, -0.25) is 14.5 Å². The number of hydrogen-bond acceptors (Lipinski definition) is 6. The van der Waals surface area contributed by atoms with E-state index in [2.05, 4.69) is 20.0 Å². The van der Waals surface area contributed by atoms with E-state index in [1.807, 2.05) is 13.1 Å². The first-order chi connectivity index (χ1) is 14.5. The average Bonchev–Trinajstić information content (AvgIpc) is 3.04. The Morgan fingerprint density at radius 2 is 1.93 bits per heavy atom. The van der Waals surface area contributed by atoms with Crippen LogP contribution < -0.4 is 10.2 Å². The summed E-state index contributed by atoms with van der Waals surface area (Å²) >= 11 is 1.70. The van der Waals surface area contributed by atoms with Crippen molar-refractivity contribution in [3.63, 3.8) is 0 Å². The van der Waals surface area contributed by atoms with Crippen LogP contribution >= 0.6 is 11.8 Å². The molecule has 30 heavy (non-hydrogen) atoms. The minimum Gasteiger partial charge on any atom is -0.369 e. The number of allylic oxidation sites excluding steroid dienone is 2.